The number of benzene rings is 1. The molecule has 0 atom stereocenters. The summed E-state index contributed by atoms with van der Waals surface area (Å²) in [7, 11) is 0. The van der Waals surface area contributed by atoms with Crippen LogP contribution in [0.5, 0.6) is 0 Å². The Kier molecular flexibility index (Phi) is 5.14. The predicted octanol–water partition coefficient (Wildman–Crippen LogP) is 3.52. The lowest BCUT2D eigenvalue weighted by Gasteiger charge is -2.16. The minimum Gasteiger partial charge on any atom is -0.373 e. The first-order valence-electron chi connectivity index (χ1n) is 6.88. The number of nitrogens with two attached hydrogens (primary N) is 1. The van der Waals surface area contributed by atoms with Gasteiger partial charge in [-0.1, -0.05) is 31.7 Å². The van der Waals surface area contributed by atoms with E-state index in [0.717, 1.165) is 18.4 Å². The van der Waals surface area contributed by atoms with Crippen LogP contribution in [0.1, 0.15) is 49.7 Å². The van der Waals surface area contributed by atoms with Gasteiger partial charge in [0.1, 0.15) is 5.82 Å². The van der Waals surface area contributed by atoms with Gasteiger partial charge in [-0.3, -0.25) is 0 Å². The zero-order valence-electron chi connectivity index (χ0n) is 10.8. The van der Waals surface area contributed by atoms with Crippen molar-refractivity contribution in [2.24, 2.45) is 5.73 Å². The minimum atomic E-state index is -0.194. The topological polar surface area (TPSA) is 35.2 Å². The molecule has 1 aromatic carbocycles. The van der Waals surface area contributed by atoms with Crippen molar-refractivity contribution >= 4 is 0 Å². The summed E-state index contributed by atoms with van der Waals surface area (Å²) in [4.78, 5) is 0. The monoisotopic (exact) mass is 251 g/mol. The molecular weight excluding hydrogens is 229 g/mol. The maximum atomic E-state index is 13.6. The minimum absolute atomic E-state index is 0.194. The summed E-state index contributed by atoms with van der Waals surface area (Å²) in [5.74, 6) is -0.194. The first kappa shape index (κ1) is 13.5. The van der Waals surface area contributed by atoms with Crippen molar-refractivity contribution in [1.29, 1.82) is 0 Å². The number of halogens is 1. The van der Waals surface area contributed by atoms with E-state index in [9.17, 15) is 4.39 Å². The second kappa shape index (κ2) is 6.86. The van der Waals surface area contributed by atoms with Crippen LogP contribution in [-0.2, 0) is 17.9 Å². The Balaban J connectivity index is 1.92. The lowest BCUT2D eigenvalue weighted by Crippen LogP contribution is -2.12. The van der Waals surface area contributed by atoms with Gasteiger partial charge < -0.3 is 10.5 Å². The highest BCUT2D eigenvalue weighted by atomic mass is 19.1. The quantitative estimate of drug-likeness (QED) is 0.831. The van der Waals surface area contributed by atoms with Crippen LogP contribution in [-0.4, -0.2) is 6.10 Å². The van der Waals surface area contributed by atoms with E-state index in [1.807, 2.05) is 6.07 Å². The van der Waals surface area contributed by atoms with Crippen LogP contribution < -0.4 is 5.73 Å². The van der Waals surface area contributed by atoms with Crippen molar-refractivity contribution < 1.29 is 9.13 Å². The van der Waals surface area contributed by atoms with Crippen molar-refractivity contribution in [3.8, 4) is 0 Å². The maximum Gasteiger partial charge on any atom is 0.128 e. The van der Waals surface area contributed by atoms with E-state index in [4.69, 9.17) is 10.5 Å². The molecule has 3 heteroatoms. The molecule has 2 rings (SSSR count). The van der Waals surface area contributed by atoms with Crippen molar-refractivity contribution in [2.75, 3.05) is 0 Å². The molecule has 0 spiro atoms. The molecule has 2 nitrogen and oxygen atoms in total. The Morgan fingerprint density at radius 3 is 2.56 bits per heavy atom. The number of ether oxygens (including phenoxy) is 1. The van der Waals surface area contributed by atoms with E-state index in [1.165, 1.54) is 31.7 Å². The van der Waals surface area contributed by atoms with Gasteiger partial charge >= 0.3 is 0 Å². The van der Waals surface area contributed by atoms with E-state index >= 15 is 0 Å². The molecule has 100 valence electrons. The Morgan fingerprint density at radius 2 is 1.89 bits per heavy atom. The molecule has 1 aliphatic rings. The summed E-state index contributed by atoms with van der Waals surface area (Å²) in [5, 5.41) is 0. The highest BCUT2D eigenvalue weighted by molar-refractivity contribution is 5.24. The van der Waals surface area contributed by atoms with Crippen LogP contribution >= 0.6 is 0 Å². The van der Waals surface area contributed by atoms with E-state index in [-0.39, 0.29) is 5.82 Å². The first-order valence-corrected chi connectivity index (χ1v) is 6.88. The third kappa shape index (κ3) is 3.79. The Hall–Kier alpha value is -0.930. The summed E-state index contributed by atoms with van der Waals surface area (Å²) in [6, 6.07) is 5.02. The van der Waals surface area contributed by atoms with Crippen LogP contribution in [0.25, 0.3) is 0 Å². The third-order valence-electron chi connectivity index (χ3n) is 3.62. The van der Waals surface area contributed by atoms with Gasteiger partial charge in [-0.15, -0.1) is 0 Å². The second-order valence-corrected chi connectivity index (χ2v) is 5.05. The highest BCUT2D eigenvalue weighted by Gasteiger charge is 2.13. The summed E-state index contributed by atoms with van der Waals surface area (Å²) in [6.45, 7) is 0.807. The van der Waals surface area contributed by atoms with E-state index in [1.54, 1.807) is 6.07 Å². The summed E-state index contributed by atoms with van der Waals surface area (Å²) < 4.78 is 19.5. The molecule has 0 aromatic heterocycles. The van der Waals surface area contributed by atoms with Crippen LogP contribution in [0, 0.1) is 5.82 Å². The molecule has 2 N–H and O–H groups in total. The lowest BCUT2D eigenvalue weighted by molar-refractivity contribution is 0.0295. The van der Waals surface area contributed by atoms with Gasteiger partial charge in [-0.2, -0.15) is 0 Å². The smallest absolute Gasteiger partial charge is 0.128 e. The molecule has 0 saturated heterocycles. The van der Waals surface area contributed by atoms with Crippen LogP contribution in [0.15, 0.2) is 18.2 Å². The average Bonchev–Trinajstić information content (AvgIpc) is 2.66. The normalized spacial score (nSPS) is 17.7. The maximum absolute atomic E-state index is 13.6. The fourth-order valence-corrected chi connectivity index (χ4v) is 2.48. The van der Waals surface area contributed by atoms with Gasteiger partial charge in [0.25, 0.3) is 0 Å². The van der Waals surface area contributed by atoms with Gasteiger partial charge in [-0.05, 0) is 30.5 Å². The van der Waals surface area contributed by atoms with Gasteiger partial charge in [-0.25, -0.2) is 4.39 Å². The van der Waals surface area contributed by atoms with Gasteiger partial charge in [0.05, 0.1) is 12.7 Å². The highest BCUT2D eigenvalue weighted by Crippen LogP contribution is 2.21. The fraction of sp³-hybridized carbons (Fsp3) is 0.600. The number of hydrogen-bond acceptors (Lipinski definition) is 2. The van der Waals surface area contributed by atoms with Crippen molar-refractivity contribution in [2.45, 2.75) is 57.8 Å². The molecule has 1 fully saturated rings. The molecule has 18 heavy (non-hydrogen) atoms. The summed E-state index contributed by atoms with van der Waals surface area (Å²) in [5.41, 5.74) is 7.15. The molecule has 0 radical (unpaired) electrons. The molecular formula is C15H22FNO. The SMILES string of the molecule is NCc1ccc(F)c(COC2CCCCCC2)c1. The lowest BCUT2D eigenvalue weighted by atomic mass is 10.1. The molecule has 1 aromatic rings. The van der Waals surface area contributed by atoms with Gasteiger partial charge in [0.2, 0.25) is 0 Å². The van der Waals surface area contributed by atoms with Gasteiger partial charge in [0.15, 0.2) is 0 Å². The van der Waals surface area contributed by atoms with Crippen molar-refractivity contribution in [3.05, 3.63) is 35.1 Å². The Bertz CT molecular complexity index is 373. The van der Waals surface area contributed by atoms with Gasteiger partial charge in [0, 0.05) is 12.1 Å². The van der Waals surface area contributed by atoms with Crippen LogP contribution in [0.4, 0.5) is 4.39 Å². The van der Waals surface area contributed by atoms with Crippen molar-refractivity contribution in [1.82, 2.24) is 0 Å². The Morgan fingerprint density at radius 1 is 1.17 bits per heavy atom. The van der Waals surface area contributed by atoms with E-state index < -0.39 is 0 Å². The standard InChI is InChI=1S/C15H22FNO/c16-15-8-7-12(10-17)9-13(15)11-18-14-5-3-1-2-4-6-14/h7-9,14H,1-6,10-11,17H2. The summed E-state index contributed by atoms with van der Waals surface area (Å²) in [6.07, 6.45) is 7.59. The summed E-state index contributed by atoms with van der Waals surface area (Å²) >= 11 is 0. The van der Waals surface area contributed by atoms with Crippen LogP contribution in [0.3, 0.4) is 0 Å². The second-order valence-electron chi connectivity index (χ2n) is 5.05. The molecule has 1 saturated carbocycles. The van der Waals surface area contributed by atoms with Crippen molar-refractivity contribution in [3.63, 3.8) is 0 Å². The Labute approximate surface area is 108 Å². The largest absolute Gasteiger partial charge is 0.373 e. The van der Waals surface area contributed by atoms with E-state index in [2.05, 4.69) is 0 Å². The van der Waals surface area contributed by atoms with E-state index in [0.29, 0.717) is 24.8 Å². The number of rotatable bonds is 4. The first-order chi connectivity index (χ1) is 8.79. The molecule has 0 amide bonds. The molecule has 1 aliphatic carbocycles. The zero-order chi connectivity index (χ0) is 12.8. The predicted molar refractivity (Wildman–Crippen MR) is 70.6 cm³/mol. The zero-order valence-corrected chi connectivity index (χ0v) is 10.8. The van der Waals surface area contributed by atoms with Crippen LogP contribution in [0.2, 0.25) is 0 Å². The fourth-order valence-electron chi connectivity index (χ4n) is 2.48. The third-order valence-corrected chi connectivity index (χ3v) is 3.62. The molecule has 0 unspecified atom stereocenters. The molecule has 0 bridgehead atoms. The molecule has 0 heterocycles. The molecule has 0 aliphatic heterocycles. The average molecular weight is 251 g/mol. The number of hydrogen-bond donors (Lipinski definition) is 1.